The van der Waals surface area contributed by atoms with Crippen molar-refractivity contribution < 1.29 is 4.79 Å². The Morgan fingerprint density at radius 3 is 2.87 bits per heavy atom. The van der Waals surface area contributed by atoms with Crippen molar-refractivity contribution in [1.82, 2.24) is 5.32 Å². The first-order valence-corrected chi connectivity index (χ1v) is 5.28. The van der Waals surface area contributed by atoms with Gasteiger partial charge in [0.1, 0.15) is 0 Å². The molecular weight excluding hydrogens is 256 g/mol. The lowest BCUT2D eigenvalue weighted by atomic mass is 10.2. The van der Waals surface area contributed by atoms with Gasteiger partial charge < -0.3 is 11.1 Å². The zero-order valence-corrected chi connectivity index (χ0v) is 10.1. The number of halogens is 1. The van der Waals surface area contributed by atoms with E-state index in [0.29, 0.717) is 22.3 Å². The molecule has 15 heavy (non-hydrogen) atoms. The van der Waals surface area contributed by atoms with E-state index in [4.69, 9.17) is 5.73 Å². The second-order valence-corrected chi connectivity index (χ2v) is 4.14. The Kier molecular flexibility index (Phi) is 3.91. The van der Waals surface area contributed by atoms with Crippen molar-refractivity contribution in [3.05, 3.63) is 40.4 Å². The molecule has 0 unspecified atom stereocenters. The average molecular weight is 269 g/mol. The molecule has 0 radical (unpaired) electrons. The molecule has 0 spiro atoms. The molecule has 0 saturated heterocycles. The van der Waals surface area contributed by atoms with Gasteiger partial charge >= 0.3 is 0 Å². The van der Waals surface area contributed by atoms with E-state index in [9.17, 15) is 4.79 Å². The van der Waals surface area contributed by atoms with Gasteiger partial charge in [0.2, 0.25) is 0 Å². The van der Waals surface area contributed by atoms with Gasteiger partial charge in [-0.15, -0.1) is 0 Å². The Morgan fingerprint density at radius 2 is 2.27 bits per heavy atom. The lowest BCUT2D eigenvalue weighted by molar-refractivity contribution is 0.0956. The van der Waals surface area contributed by atoms with Crippen molar-refractivity contribution >= 4 is 27.5 Å². The number of hydrogen-bond donors (Lipinski definition) is 2. The minimum absolute atomic E-state index is 0.155. The maximum atomic E-state index is 11.7. The molecular formula is C11H13BrN2O. The van der Waals surface area contributed by atoms with Gasteiger partial charge in [-0.25, -0.2) is 0 Å². The molecule has 3 nitrogen and oxygen atoms in total. The molecule has 4 heteroatoms. The first-order valence-electron chi connectivity index (χ1n) is 4.49. The summed E-state index contributed by atoms with van der Waals surface area (Å²) < 4.78 is 0.629. The summed E-state index contributed by atoms with van der Waals surface area (Å²) in [5.41, 5.74) is 7.67. The summed E-state index contributed by atoms with van der Waals surface area (Å²) in [4.78, 5) is 11.7. The maximum absolute atomic E-state index is 11.7. The van der Waals surface area contributed by atoms with Crippen molar-refractivity contribution in [2.75, 3.05) is 12.3 Å². The van der Waals surface area contributed by atoms with Crippen LogP contribution in [-0.4, -0.2) is 12.5 Å². The summed E-state index contributed by atoms with van der Waals surface area (Å²) in [6.07, 6.45) is 0. The number of carbonyl (C=O) groups excluding carboxylic acids is 1. The Hall–Kier alpha value is -1.29. The van der Waals surface area contributed by atoms with E-state index in [2.05, 4.69) is 27.8 Å². The molecule has 1 aromatic carbocycles. The van der Waals surface area contributed by atoms with Gasteiger partial charge in [0.15, 0.2) is 0 Å². The van der Waals surface area contributed by atoms with Crippen LogP contribution in [0.4, 0.5) is 5.69 Å². The topological polar surface area (TPSA) is 55.1 Å². The standard InChI is InChI=1S/C11H13BrN2O/c1-7(2)6-14-11(15)8-4-3-5-9(13)10(8)12/h3-5H,1,6,13H2,2H3,(H,14,15). The third-order valence-electron chi connectivity index (χ3n) is 1.82. The first-order chi connectivity index (χ1) is 7.02. The number of hydrogen-bond acceptors (Lipinski definition) is 2. The third kappa shape index (κ3) is 3.09. The molecule has 1 aromatic rings. The fourth-order valence-corrected chi connectivity index (χ4v) is 1.50. The molecule has 3 N–H and O–H groups in total. The van der Waals surface area contributed by atoms with Crippen LogP contribution in [-0.2, 0) is 0 Å². The second kappa shape index (κ2) is 4.98. The van der Waals surface area contributed by atoms with Crippen molar-refractivity contribution in [2.24, 2.45) is 0 Å². The molecule has 1 amide bonds. The molecule has 0 saturated carbocycles. The van der Waals surface area contributed by atoms with E-state index in [1.165, 1.54) is 0 Å². The molecule has 0 aliphatic rings. The lowest BCUT2D eigenvalue weighted by Crippen LogP contribution is -2.25. The largest absolute Gasteiger partial charge is 0.398 e. The van der Waals surface area contributed by atoms with Crippen LogP contribution < -0.4 is 11.1 Å². The Bertz CT molecular complexity index is 402. The van der Waals surface area contributed by atoms with Crippen LogP contribution in [0.1, 0.15) is 17.3 Å². The number of amides is 1. The number of anilines is 1. The summed E-state index contributed by atoms with van der Waals surface area (Å²) >= 11 is 3.28. The van der Waals surface area contributed by atoms with Gasteiger partial charge in [-0.3, -0.25) is 4.79 Å². The van der Waals surface area contributed by atoms with Gasteiger partial charge in [0.25, 0.3) is 5.91 Å². The van der Waals surface area contributed by atoms with E-state index in [0.717, 1.165) is 5.57 Å². The minimum Gasteiger partial charge on any atom is -0.398 e. The molecule has 0 heterocycles. The number of benzene rings is 1. The Morgan fingerprint density at radius 1 is 1.60 bits per heavy atom. The Balaban J connectivity index is 2.82. The fourth-order valence-electron chi connectivity index (χ4n) is 1.05. The SMILES string of the molecule is C=C(C)CNC(=O)c1cccc(N)c1Br. The van der Waals surface area contributed by atoms with Crippen LogP contribution in [0, 0.1) is 0 Å². The number of rotatable bonds is 3. The van der Waals surface area contributed by atoms with Gasteiger partial charge in [-0.05, 0) is 35.0 Å². The van der Waals surface area contributed by atoms with E-state index >= 15 is 0 Å². The highest BCUT2D eigenvalue weighted by Gasteiger charge is 2.10. The molecule has 0 bridgehead atoms. The summed E-state index contributed by atoms with van der Waals surface area (Å²) in [6, 6.07) is 5.20. The van der Waals surface area contributed by atoms with Crippen molar-refractivity contribution in [1.29, 1.82) is 0 Å². The number of carbonyl (C=O) groups is 1. The van der Waals surface area contributed by atoms with E-state index in [1.54, 1.807) is 18.2 Å². The molecule has 0 atom stereocenters. The fraction of sp³-hybridized carbons (Fsp3) is 0.182. The van der Waals surface area contributed by atoms with Crippen LogP contribution >= 0.6 is 15.9 Å². The van der Waals surface area contributed by atoms with Gasteiger partial charge in [-0.2, -0.15) is 0 Å². The first kappa shape index (κ1) is 11.8. The second-order valence-electron chi connectivity index (χ2n) is 3.35. The molecule has 0 aromatic heterocycles. The van der Waals surface area contributed by atoms with Gasteiger partial charge in [-0.1, -0.05) is 18.2 Å². The zero-order valence-electron chi connectivity index (χ0n) is 8.51. The average Bonchev–Trinajstić information content (AvgIpc) is 2.18. The molecule has 0 aliphatic heterocycles. The van der Waals surface area contributed by atoms with Crippen LogP contribution in [0.25, 0.3) is 0 Å². The number of nitrogen functional groups attached to an aromatic ring is 1. The number of nitrogens with one attached hydrogen (secondary N) is 1. The van der Waals surface area contributed by atoms with Crippen molar-refractivity contribution in [2.45, 2.75) is 6.92 Å². The smallest absolute Gasteiger partial charge is 0.252 e. The van der Waals surface area contributed by atoms with Gasteiger partial charge in [0, 0.05) is 12.2 Å². The van der Waals surface area contributed by atoms with Crippen LogP contribution in [0.15, 0.2) is 34.8 Å². The predicted octanol–water partition coefficient (Wildman–Crippen LogP) is 2.34. The van der Waals surface area contributed by atoms with Gasteiger partial charge in [0.05, 0.1) is 10.0 Å². The normalized spacial score (nSPS) is 9.73. The molecule has 1 rings (SSSR count). The molecule has 0 fully saturated rings. The summed E-state index contributed by atoms with van der Waals surface area (Å²) in [5, 5.41) is 2.74. The summed E-state index contributed by atoms with van der Waals surface area (Å²) in [5.74, 6) is -0.155. The van der Waals surface area contributed by atoms with E-state index in [1.807, 2.05) is 6.92 Å². The quantitative estimate of drug-likeness (QED) is 0.653. The van der Waals surface area contributed by atoms with E-state index < -0.39 is 0 Å². The molecule has 80 valence electrons. The monoisotopic (exact) mass is 268 g/mol. The lowest BCUT2D eigenvalue weighted by Gasteiger charge is -2.07. The van der Waals surface area contributed by atoms with Crippen LogP contribution in [0.2, 0.25) is 0 Å². The zero-order chi connectivity index (χ0) is 11.4. The highest BCUT2D eigenvalue weighted by molar-refractivity contribution is 9.10. The molecule has 0 aliphatic carbocycles. The Labute approximate surface area is 97.5 Å². The van der Waals surface area contributed by atoms with Crippen molar-refractivity contribution in [3.63, 3.8) is 0 Å². The third-order valence-corrected chi connectivity index (χ3v) is 2.71. The van der Waals surface area contributed by atoms with Crippen LogP contribution in [0.3, 0.4) is 0 Å². The highest BCUT2D eigenvalue weighted by atomic mass is 79.9. The van der Waals surface area contributed by atoms with Crippen LogP contribution in [0.5, 0.6) is 0 Å². The summed E-state index contributed by atoms with van der Waals surface area (Å²) in [7, 11) is 0. The van der Waals surface area contributed by atoms with Crippen molar-refractivity contribution in [3.8, 4) is 0 Å². The van der Waals surface area contributed by atoms with E-state index in [-0.39, 0.29) is 5.91 Å². The maximum Gasteiger partial charge on any atom is 0.252 e. The predicted molar refractivity (Wildman–Crippen MR) is 65.7 cm³/mol. The number of nitrogens with two attached hydrogens (primary N) is 1. The highest BCUT2D eigenvalue weighted by Crippen LogP contribution is 2.23. The summed E-state index contributed by atoms with van der Waals surface area (Å²) in [6.45, 7) is 6.04. The minimum atomic E-state index is -0.155.